The number of nitrogens with one attached hydrogen (secondary N) is 2. The van der Waals surface area contributed by atoms with Crippen LogP contribution in [0.4, 0.5) is 11.5 Å². The quantitative estimate of drug-likeness (QED) is 0.217. The first kappa shape index (κ1) is 25.9. The predicted molar refractivity (Wildman–Crippen MR) is 141 cm³/mol. The highest BCUT2D eigenvalue weighted by Gasteiger charge is 2.34. The molecule has 1 aliphatic heterocycles. The number of aromatic nitrogens is 4. The Labute approximate surface area is 215 Å². The second-order valence-electron chi connectivity index (χ2n) is 8.76. The molecule has 1 aliphatic rings. The van der Waals surface area contributed by atoms with Crippen molar-refractivity contribution in [3.63, 3.8) is 0 Å². The van der Waals surface area contributed by atoms with Crippen molar-refractivity contribution in [1.29, 1.82) is 0 Å². The van der Waals surface area contributed by atoms with Crippen LogP contribution < -0.4 is 15.5 Å². The number of amides is 2. The number of anilines is 2. The molecule has 192 valence electrons. The van der Waals surface area contributed by atoms with Crippen molar-refractivity contribution in [3.8, 4) is 0 Å². The lowest BCUT2D eigenvalue weighted by atomic mass is 10.1. The number of aryl methyl sites for hydroxylation is 1. The molecule has 0 radical (unpaired) electrons. The monoisotopic (exact) mass is 511 g/mol. The smallest absolute Gasteiger partial charge is 0.227 e. The van der Waals surface area contributed by atoms with Gasteiger partial charge in [-0.2, -0.15) is 5.10 Å². The summed E-state index contributed by atoms with van der Waals surface area (Å²) < 4.78 is 6.93. The largest absolute Gasteiger partial charge is 0.383 e. The van der Waals surface area contributed by atoms with E-state index >= 15 is 0 Å². The standard InChI is InChI=1S/C25H33N7O3S/c1-4-13-36-25-29-22(26-10-12-35-3)20-15-28-32(23(20)30-25)11-9-27-24(34)18-14-21(33)31(16-18)19-7-5-17(2)6-8-19/h5-8,15,18H,4,9-14,16H2,1-3H3,(H,27,34)(H,26,29,30). The molecule has 1 unspecified atom stereocenters. The minimum absolute atomic E-state index is 0.0283. The van der Waals surface area contributed by atoms with Crippen LogP contribution in [-0.4, -0.2) is 70.7 Å². The lowest BCUT2D eigenvalue weighted by molar-refractivity contribution is -0.126. The summed E-state index contributed by atoms with van der Waals surface area (Å²) in [6.45, 7) is 6.55. The molecule has 36 heavy (non-hydrogen) atoms. The minimum Gasteiger partial charge on any atom is -0.383 e. The normalized spacial score (nSPS) is 15.6. The second-order valence-corrected chi connectivity index (χ2v) is 9.82. The fraction of sp³-hybridized carbons (Fsp3) is 0.480. The summed E-state index contributed by atoms with van der Waals surface area (Å²) in [5.74, 6) is 1.13. The number of methoxy groups -OCH3 is 1. The summed E-state index contributed by atoms with van der Waals surface area (Å²) in [7, 11) is 1.66. The highest BCUT2D eigenvalue weighted by molar-refractivity contribution is 7.99. The number of thioether (sulfide) groups is 1. The van der Waals surface area contributed by atoms with Crippen molar-refractivity contribution in [2.24, 2.45) is 5.92 Å². The molecule has 4 rings (SSSR count). The summed E-state index contributed by atoms with van der Waals surface area (Å²) in [6.07, 6.45) is 2.98. The van der Waals surface area contributed by atoms with E-state index in [4.69, 9.17) is 9.72 Å². The van der Waals surface area contributed by atoms with Crippen LogP contribution in [0.2, 0.25) is 0 Å². The molecule has 0 saturated carbocycles. The first-order valence-corrected chi connectivity index (χ1v) is 13.2. The van der Waals surface area contributed by atoms with E-state index in [0.29, 0.717) is 37.9 Å². The third-order valence-corrected chi connectivity index (χ3v) is 7.03. The lowest BCUT2D eigenvalue weighted by Crippen LogP contribution is -2.35. The van der Waals surface area contributed by atoms with Gasteiger partial charge in [0, 0.05) is 44.6 Å². The molecule has 3 aromatic rings. The van der Waals surface area contributed by atoms with Crippen LogP contribution >= 0.6 is 11.8 Å². The van der Waals surface area contributed by atoms with E-state index in [1.165, 1.54) is 0 Å². The number of nitrogens with zero attached hydrogens (tertiary/aromatic N) is 5. The maximum absolute atomic E-state index is 12.8. The third kappa shape index (κ3) is 6.14. The molecule has 1 atom stereocenters. The molecule has 1 aromatic carbocycles. The predicted octanol–water partition coefficient (Wildman–Crippen LogP) is 2.86. The van der Waals surface area contributed by atoms with Gasteiger partial charge in [-0.3, -0.25) is 9.59 Å². The maximum atomic E-state index is 12.8. The Hall–Kier alpha value is -3.18. The maximum Gasteiger partial charge on any atom is 0.227 e. The zero-order chi connectivity index (χ0) is 25.5. The molecule has 2 N–H and O–H groups in total. The average molecular weight is 512 g/mol. The highest BCUT2D eigenvalue weighted by Crippen LogP contribution is 2.26. The Morgan fingerprint density at radius 3 is 2.78 bits per heavy atom. The summed E-state index contributed by atoms with van der Waals surface area (Å²) in [6, 6.07) is 7.78. The number of fused-ring (bicyclic) bond motifs is 1. The van der Waals surface area contributed by atoms with Gasteiger partial charge in [-0.15, -0.1) is 0 Å². The van der Waals surface area contributed by atoms with Crippen LogP contribution in [0, 0.1) is 12.8 Å². The highest BCUT2D eigenvalue weighted by atomic mass is 32.2. The Kier molecular flexibility index (Phi) is 8.76. The number of hydrogen-bond donors (Lipinski definition) is 2. The fourth-order valence-corrected chi connectivity index (χ4v) is 4.74. The first-order valence-electron chi connectivity index (χ1n) is 12.2. The molecule has 2 amide bonds. The van der Waals surface area contributed by atoms with Gasteiger partial charge in [0.25, 0.3) is 0 Å². The molecule has 11 heteroatoms. The Morgan fingerprint density at radius 2 is 2.03 bits per heavy atom. The number of hydrogen-bond acceptors (Lipinski definition) is 8. The Balaban J connectivity index is 1.38. The van der Waals surface area contributed by atoms with E-state index in [9.17, 15) is 9.59 Å². The van der Waals surface area contributed by atoms with E-state index in [0.717, 1.165) is 40.3 Å². The fourth-order valence-electron chi connectivity index (χ4n) is 4.05. The zero-order valence-electron chi connectivity index (χ0n) is 21.0. The molecule has 10 nitrogen and oxygen atoms in total. The number of ether oxygens (including phenoxy) is 1. The molecule has 2 aromatic heterocycles. The molecule has 3 heterocycles. The van der Waals surface area contributed by atoms with Gasteiger partial charge in [0.15, 0.2) is 10.8 Å². The van der Waals surface area contributed by atoms with Crippen LogP contribution in [0.3, 0.4) is 0 Å². The van der Waals surface area contributed by atoms with Gasteiger partial charge in [-0.1, -0.05) is 36.4 Å². The van der Waals surface area contributed by atoms with Crippen molar-refractivity contribution in [3.05, 3.63) is 36.0 Å². The number of carbonyl (C=O) groups is 2. The van der Waals surface area contributed by atoms with Crippen LogP contribution in [-0.2, 0) is 20.9 Å². The van der Waals surface area contributed by atoms with E-state index in [2.05, 4.69) is 27.6 Å². The van der Waals surface area contributed by atoms with Crippen LogP contribution in [0.15, 0.2) is 35.6 Å². The van der Waals surface area contributed by atoms with Crippen molar-refractivity contribution in [2.75, 3.05) is 49.3 Å². The first-order chi connectivity index (χ1) is 17.5. The summed E-state index contributed by atoms with van der Waals surface area (Å²) in [5, 5.41) is 12.3. The molecule has 0 spiro atoms. The number of benzene rings is 1. The SMILES string of the molecule is CCCSc1nc(NCCOC)c2cnn(CCNC(=O)C3CC(=O)N(c4ccc(C)cc4)C3)c2n1. The minimum atomic E-state index is -0.371. The second kappa shape index (κ2) is 12.2. The van der Waals surface area contributed by atoms with Gasteiger partial charge in [0.2, 0.25) is 11.8 Å². The Bertz CT molecular complexity index is 1200. The summed E-state index contributed by atoms with van der Waals surface area (Å²) in [4.78, 5) is 36.4. The van der Waals surface area contributed by atoms with Gasteiger partial charge >= 0.3 is 0 Å². The van der Waals surface area contributed by atoms with Gasteiger partial charge in [-0.25, -0.2) is 14.6 Å². The van der Waals surface area contributed by atoms with Gasteiger partial charge < -0.3 is 20.3 Å². The van der Waals surface area contributed by atoms with Crippen LogP contribution in [0.5, 0.6) is 0 Å². The van der Waals surface area contributed by atoms with Gasteiger partial charge in [0.1, 0.15) is 5.82 Å². The van der Waals surface area contributed by atoms with Crippen molar-refractivity contribution in [1.82, 2.24) is 25.1 Å². The van der Waals surface area contributed by atoms with Gasteiger partial charge in [-0.05, 0) is 25.5 Å². The molecule has 1 saturated heterocycles. The van der Waals surface area contributed by atoms with E-state index < -0.39 is 0 Å². The van der Waals surface area contributed by atoms with E-state index in [1.54, 1.807) is 34.7 Å². The van der Waals surface area contributed by atoms with E-state index in [-0.39, 0.29) is 24.2 Å². The van der Waals surface area contributed by atoms with Crippen molar-refractivity contribution < 1.29 is 14.3 Å². The summed E-state index contributed by atoms with van der Waals surface area (Å²) >= 11 is 1.60. The van der Waals surface area contributed by atoms with E-state index in [1.807, 2.05) is 31.2 Å². The Morgan fingerprint density at radius 1 is 1.22 bits per heavy atom. The van der Waals surface area contributed by atoms with Crippen LogP contribution in [0.25, 0.3) is 11.0 Å². The third-order valence-electron chi connectivity index (χ3n) is 5.97. The van der Waals surface area contributed by atoms with Gasteiger partial charge in [0.05, 0.1) is 30.7 Å². The van der Waals surface area contributed by atoms with Crippen molar-refractivity contribution in [2.45, 2.75) is 38.4 Å². The molecular weight excluding hydrogens is 478 g/mol. The lowest BCUT2D eigenvalue weighted by Gasteiger charge is -2.17. The number of rotatable bonds is 12. The number of carbonyl (C=O) groups excluding carboxylic acids is 2. The van der Waals surface area contributed by atoms with Crippen molar-refractivity contribution >= 4 is 46.1 Å². The molecule has 0 aliphatic carbocycles. The molecular formula is C25H33N7O3S. The zero-order valence-corrected chi connectivity index (χ0v) is 21.8. The molecule has 1 fully saturated rings. The summed E-state index contributed by atoms with van der Waals surface area (Å²) in [5.41, 5.74) is 2.68. The topological polar surface area (TPSA) is 114 Å². The van der Waals surface area contributed by atoms with Crippen LogP contribution in [0.1, 0.15) is 25.3 Å². The molecule has 0 bridgehead atoms. The average Bonchev–Trinajstić information content (AvgIpc) is 3.47.